The standard InChI is InChI=1S/C31H27BrClN3O2/c1-20-9-13-27(17-21(20)2)35-30(22(3)37)34-36(26-14-11-25(33)12-15-26)31(35)28-18-24(32)10-16-29(28)38-19-23-7-5-4-6-8-23/h4-18,31H,19H2,1-3H3/t31-/m1/s1. The van der Waals surface area contributed by atoms with Crippen molar-refractivity contribution in [3.8, 4) is 5.75 Å². The second kappa shape index (κ2) is 11.0. The highest BCUT2D eigenvalue weighted by atomic mass is 79.9. The van der Waals surface area contributed by atoms with Gasteiger partial charge in [-0.25, -0.2) is 5.01 Å². The molecule has 0 unspecified atom stereocenters. The van der Waals surface area contributed by atoms with Crippen LogP contribution >= 0.6 is 27.5 Å². The van der Waals surface area contributed by atoms with Crippen LogP contribution in [0, 0.1) is 13.8 Å². The molecule has 1 heterocycles. The Labute approximate surface area is 236 Å². The Morgan fingerprint density at radius 1 is 0.921 bits per heavy atom. The van der Waals surface area contributed by atoms with Crippen molar-refractivity contribution in [3.05, 3.63) is 123 Å². The summed E-state index contributed by atoms with van der Waals surface area (Å²) < 4.78 is 7.28. The Morgan fingerprint density at radius 2 is 1.63 bits per heavy atom. The molecular weight excluding hydrogens is 562 g/mol. The monoisotopic (exact) mass is 587 g/mol. The molecule has 1 atom stereocenters. The summed E-state index contributed by atoms with van der Waals surface area (Å²) in [6, 6.07) is 29.6. The van der Waals surface area contributed by atoms with E-state index in [1.807, 2.05) is 88.8 Å². The molecule has 1 aliphatic heterocycles. The van der Waals surface area contributed by atoms with Gasteiger partial charge in [-0.3, -0.25) is 9.69 Å². The number of Topliss-reactive ketones (excluding diaryl/α,β-unsaturated/α-hetero) is 1. The number of ether oxygens (including phenoxy) is 1. The molecule has 0 aromatic heterocycles. The minimum Gasteiger partial charge on any atom is -0.488 e. The number of hydrogen-bond acceptors (Lipinski definition) is 5. The normalized spacial score (nSPS) is 15.0. The van der Waals surface area contributed by atoms with E-state index in [-0.39, 0.29) is 5.78 Å². The third-order valence-corrected chi connectivity index (χ3v) is 7.31. The second-order valence-corrected chi connectivity index (χ2v) is 10.6. The smallest absolute Gasteiger partial charge is 0.198 e. The lowest BCUT2D eigenvalue weighted by Gasteiger charge is -2.33. The molecule has 38 heavy (non-hydrogen) atoms. The fourth-order valence-electron chi connectivity index (χ4n) is 4.46. The van der Waals surface area contributed by atoms with Crippen molar-refractivity contribution in [2.24, 2.45) is 5.10 Å². The maximum Gasteiger partial charge on any atom is 0.198 e. The molecule has 0 aliphatic carbocycles. The van der Waals surface area contributed by atoms with Crippen molar-refractivity contribution in [2.75, 3.05) is 9.91 Å². The average Bonchev–Trinajstić information content (AvgIpc) is 3.31. The quantitative estimate of drug-likeness (QED) is 0.218. The number of benzene rings is 4. The summed E-state index contributed by atoms with van der Waals surface area (Å²) in [5, 5.41) is 7.34. The largest absolute Gasteiger partial charge is 0.488 e. The summed E-state index contributed by atoms with van der Waals surface area (Å²) >= 11 is 9.86. The zero-order valence-corrected chi connectivity index (χ0v) is 23.7. The number of hydrazone groups is 1. The lowest BCUT2D eigenvalue weighted by atomic mass is 10.1. The zero-order valence-electron chi connectivity index (χ0n) is 21.4. The fraction of sp³-hybridized carbons (Fsp3) is 0.161. The van der Waals surface area contributed by atoms with Gasteiger partial charge in [0.25, 0.3) is 0 Å². The number of carbonyl (C=O) groups excluding carboxylic acids is 1. The molecule has 5 rings (SSSR count). The molecule has 0 fully saturated rings. The Hall–Kier alpha value is -3.61. The number of halogens is 2. The van der Waals surface area contributed by atoms with Crippen molar-refractivity contribution in [1.29, 1.82) is 0 Å². The van der Waals surface area contributed by atoms with E-state index in [1.165, 1.54) is 5.56 Å². The highest BCUT2D eigenvalue weighted by Gasteiger charge is 2.41. The van der Waals surface area contributed by atoms with Crippen molar-refractivity contribution in [3.63, 3.8) is 0 Å². The number of hydrogen-bond donors (Lipinski definition) is 0. The van der Waals surface area contributed by atoms with E-state index >= 15 is 0 Å². The van der Waals surface area contributed by atoms with Gasteiger partial charge in [-0.05, 0) is 85.1 Å². The van der Waals surface area contributed by atoms with Crippen LogP contribution in [0.3, 0.4) is 0 Å². The van der Waals surface area contributed by atoms with Crippen LogP contribution in [0.25, 0.3) is 0 Å². The number of amidine groups is 1. The van der Waals surface area contributed by atoms with Crippen molar-refractivity contribution >= 4 is 50.5 Å². The van der Waals surface area contributed by atoms with Crippen molar-refractivity contribution in [1.82, 2.24) is 0 Å². The van der Waals surface area contributed by atoms with Gasteiger partial charge in [-0.15, -0.1) is 5.10 Å². The SMILES string of the molecule is CC(=O)C1=NN(c2ccc(Cl)cc2)[C@H](c2cc(Br)ccc2OCc2ccccc2)N1c1ccc(C)c(C)c1. The highest BCUT2D eigenvalue weighted by molar-refractivity contribution is 9.10. The summed E-state index contributed by atoms with van der Waals surface area (Å²) in [4.78, 5) is 15.0. The van der Waals surface area contributed by atoms with Gasteiger partial charge in [0.05, 0.1) is 5.69 Å². The van der Waals surface area contributed by atoms with Crippen LogP contribution in [-0.2, 0) is 11.4 Å². The van der Waals surface area contributed by atoms with Gasteiger partial charge in [0, 0.05) is 27.7 Å². The molecule has 1 aliphatic rings. The first-order chi connectivity index (χ1) is 18.3. The van der Waals surface area contributed by atoms with E-state index in [4.69, 9.17) is 21.4 Å². The van der Waals surface area contributed by atoms with Gasteiger partial charge < -0.3 is 4.74 Å². The van der Waals surface area contributed by atoms with Crippen LogP contribution in [0.2, 0.25) is 5.02 Å². The molecule has 7 heteroatoms. The van der Waals surface area contributed by atoms with Gasteiger partial charge in [0.2, 0.25) is 0 Å². The second-order valence-electron chi connectivity index (χ2n) is 9.27. The lowest BCUT2D eigenvalue weighted by Crippen LogP contribution is -2.38. The van der Waals surface area contributed by atoms with E-state index in [0.29, 0.717) is 23.2 Å². The van der Waals surface area contributed by atoms with Crippen LogP contribution in [0.5, 0.6) is 5.75 Å². The van der Waals surface area contributed by atoms with Crippen LogP contribution in [0.1, 0.15) is 35.3 Å². The minimum atomic E-state index is -0.486. The molecule has 4 aromatic rings. The first-order valence-corrected chi connectivity index (χ1v) is 13.5. The van der Waals surface area contributed by atoms with Gasteiger partial charge in [0.15, 0.2) is 17.8 Å². The molecule has 4 aromatic carbocycles. The minimum absolute atomic E-state index is 0.133. The van der Waals surface area contributed by atoms with Gasteiger partial charge >= 0.3 is 0 Å². The maximum absolute atomic E-state index is 13.0. The van der Waals surface area contributed by atoms with Crippen LogP contribution in [-0.4, -0.2) is 11.6 Å². The predicted octanol–water partition coefficient (Wildman–Crippen LogP) is 8.23. The average molecular weight is 589 g/mol. The van der Waals surface area contributed by atoms with E-state index in [1.54, 1.807) is 6.92 Å². The van der Waals surface area contributed by atoms with Crippen LogP contribution < -0.4 is 14.6 Å². The number of ketones is 1. The molecule has 0 amide bonds. The molecule has 0 spiro atoms. The van der Waals surface area contributed by atoms with Crippen molar-refractivity contribution in [2.45, 2.75) is 33.5 Å². The summed E-state index contributed by atoms with van der Waals surface area (Å²) in [5.41, 5.74) is 5.91. The Balaban J connectivity index is 1.67. The zero-order chi connectivity index (χ0) is 26.8. The number of anilines is 2. The number of carbonyl (C=O) groups is 1. The molecular formula is C31H27BrClN3O2. The molecule has 0 bridgehead atoms. The Morgan fingerprint density at radius 3 is 2.32 bits per heavy atom. The fourth-order valence-corrected chi connectivity index (χ4v) is 4.97. The van der Waals surface area contributed by atoms with Gasteiger partial charge in [-0.2, -0.15) is 0 Å². The third kappa shape index (κ3) is 5.33. The molecule has 0 saturated carbocycles. The Kier molecular flexibility index (Phi) is 7.54. The summed E-state index contributed by atoms with van der Waals surface area (Å²) in [6.07, 6.45) is -0.486. The van der Waals surface area contributed by atoms with E-state index in [2.05, 4.69) is 41.9 Å². The van der Waals surface area contributed by atoms with Crippen LogP contribution in [0.4, 0.5) is 11.4 Å². The van der Waals surface area contributed by atoms with Crippen LogP contribution in [0.15, 0.2) is 101 Å². The molecule has 192 valence electrons. The maximum atomic E-state index is 13.0. The predicted molar refractivity (Wildman–Crippen MR) is 158 cm³/mol. The number of rotatable bonds is 7. The van der Waals surface area contributed by atoms with Gasteiger partial charge in [-0.1, -0.05) is 63.9 Å². The molecule has 0 N–H and O–H groups in total. The first kappa shape index (κ1) is 26.0. The summed E-state index contributed by atoms with van der Waals surface area (Å²) in [5.74, 6) is 0.920. The summed E-state index contributed by atoms with van der Waals surface area (Å²) in [7, 11) is 0. The van der Waals surface area contributed by atoms with Crippen molar-refractivity contribution < 1.29 is 9.53 Å². The highest BCUT2D eigenvalue weighted by Crippen LogP contribution is 2.43. The molecule has 5 nitrogen and oxygen atoms in total. The topological polar surface area (TPSA) is 45.1 Å². The number of nitrogens with zero attached hydrogens (tertiary/aromatic N) is 3. The molecule has 0 radical (unpaired) electrons. The van der Waals surface area contributed by atoms with E-state index in [9.17, 15) is 4.79 Å². The van der Waals surface area contributed by atoms with Gasteiger partial charge in [0.1, 0.15) is 12.4 Å². The number of aryl methyl sites for hydroxylation is 2. The summed E-state index contributed by atoms with van der Waals surface area (Å²) in [6.45, 7) is 6.10. The van der Waals surface area contributed by atoms with E-state index in [0.717, 1.165) is 32.5 Å². The third-order valence-electron chi connectivity index (χ3n) is 6.57. The lowest BCUT2D eigenvalue weighted by molar-refractivity contribution is -0.111. The first-order valence-electron chi connectivity index (χ1n) is 12.3. The Bertz CT molecular complexity index is 1510. The van der Waals surface area contributed by atoms with E-state index < -0.39 is 6.17 Å². The molecule has 0 saturated heterocycles.